The summed E-state index contributed by atoms with van der Waals surface area (Å²) in [5, 5.41) is 21.1. The molecule has 1 amide bonds. The zero-order valence-electron chi connectivity index (χ0n) is 19.2. The van der Waals surface area contributed by atoms with E-state index in [1.165, 1.54) is 12.4 Å². The summed E-state index contributed by atoms with van der Waals surface area (Å²) in [5.41, 5.74) is 0.477. The highest BCUT2D eigenvalue weighted by molar-refractivity contribution is 5.95. The molecule has 1 saturated carbocycles. The molecule has 0 bridgehead atoms. The van der Waals surface area contributed by atoms with E-state index in [9.17, 15) is 32.3 Å². The van der Waals surface area contributed by atoms with Crippen LogP contribution in [0.15, 0.2) is 54.9 Å². The maximum absolute atomic E-state index is 14.3. The number of hydrogen-bond acceptors (Lipinski definition) is 5. The molecule has 1 aliphatic rings. The van der Waals surface area contributed by atoms with Gasteiger partial charge in [-0.1, -0.05) is 30.7 Å². The Hall–Kier alpha value is -4.33. The predicted octanol–water partition coefficient (Wildman–Crippen LogP) is 5.40. The lowest BCUT2D eigenvalue weighted by Crippen LogP contribution is -2.40. The maximum Gasteiger partial charge on any atom is 0.416 e. The first-order chi connectivity index (χ1) is 17.6. The van der Waals surface area contributed by atoms with Crippen molar-refractivity contribution in [2.75, 3.05) is 5.32 Å². The van der Waals surface area contributed by atoms with Crippen LogP contribution in [0.1, 0.15) is 42.1 Å². The average molecular weight is 512 g/mol. The molecule has 1 aromatic heterocycles. The number of carbonyl (C=O) groups excluding carboxylic acids is 1. The Labute approximate surface area is 208 Å². The number of aromatic nitrogens is 2. The highest BCUT2D eigenvalue weighted by Crippen LogP contribution is 2.43. The normalized spacial score (nSPS) is 19.6. The number of carboxylic acids is 1. The van der Waals surface area contributed by atoms with Gasteiger partial charge < -0.3 is 10.4 Å². The van der Waals surface area contributed by atoms with E-state index in [1.54, 1.807) is 24.3 Å². The van der Waals surface area contributed by atoms with Crippen molar-refractivity contribution >= 4 is 17.6 Å². The fraction of sp³-hybridized carbons (Fsp3) is 0.269. The van der Waals surface area contributed by atoms with E-state index < -0.39 is 52.9 Å². The van der Waals surface area contributed by atoms with E-state index in [2.05, 4.69) is 15.3 Å². The van der Waals surface area contributed by atoms with E-state index in [1.807, 2.05) is 6.07 Å². The molecule has 4 rings (SSSR count). The second kappa shape index (κ2) is 10.3. The zero-order valence-corrected chi connectivity index (χ0v) is 19.2. The van der Waals surface area contributed by atoms with Gasteiger partial charge >= 0.3 is 12.1 Å². The number of rotatable bonds is 5. The Morgan fingerprint density at radius 2 is 1.70 bits per heavy atom. The van der Waals surface area contributed by atoms with Crippen LogP contribution in [0.4, 0.5) is 23.2 Å². The van der Waals surface area contributed by atoms with Gasteiger partial charge in [-0.25, -0.2) is 14.4 Å². The van der Waals surface area contributed by atoms with E-state index >= 15 is 0 Å². The number of carboxylic acid groups (broad SMARTS) is 1. The zero-order chi connectivity index (χ0) is 26.7. The molecule has 3 aromatic rings. The van der Waals surface area contributed by atoms with Crippen LogP contribution in [0.25, 0.3) is 11.1 Å². The minimum Gasteiger partial charge on any atom is -0.481 e. The fourth-order valence-electron chi connectivity index (χ4n) is 4.69. The third kappa shape index (κ3) is 5.58. The number of nitrogens with one attached hydrogen (secondary N) is 1. The number of aliphatic carboxylic acids is 1. The number of nitrogens with zero attached hydrogens (tertiary/aromatic N) is 3. The molecule has 2 N–H and O–H groups in total. The highest BCUT2D eigenvalue weighted by Gasteiger charge is 2.43. The number of amides is 1. The molecule has 1 heterocycles. The Morgan fingerprint density at radius 1 is 1.03 bits per heavy atom. The first-order valence-corrected chi connectivity index (χ1v) is 11.3. The minimum atomic E-state index is -4.74. The third-order valence-corrected chi connectivity index (χ3v) is 6.50. The van der Waals surface area contributed by atoms with Crippen molar-refractivity contribution in [1.82, 2.24) is 9.97 Å². The van der Waals surface area contributed by atoms with Gasteiger partial charge in [0.25, 0.3) is 0 Å². The smallest absolute Gasteiger partial charge is 0.416 e. The molecule has 1 fully saturated rings. The summed E-state index contributed by atoms with van der Waals surface area (Å²) >= 11 is 0. The lowest BCUT2D eigenvalue weighted by Gasteiger charge is -2.35. The van der Waals surface area contributed by atoms with Crippen LogP contribution in [-0.4, -0.2) is 27.0 Å². The Bertz CT molecular complexity index is 1350. The standard InChI is InChI=1S/C26H20F4N4O3/c27-20-10-17(26(28,29)30)8-9-21(20)34-24(35)19-3-1-2-18(23(19)25(36)37)15-6-4-14(5-7-15)16-12-32-22(11-31)33-13-16/h4-10,12-13,18-19,23H,1-3H2,(H,34,35)(H,36,37)/t18-,19-,23-/m1/s1. The number of halogens is 4. The Kier molecular flexibility index (Phi) is 7.20. The van der Waals surface area contributed by atoms with Gasteiger partial charge in [0.05, 0.1) is 23.1 Å². The van der Waals surface area contributed by atoms with Crippen molar-refractivity contribution in [2.24, 2.45) is 11.8 Å². The second-order valence-electron chi connectivity index (χ2n) is 8.72. The Balaban J connectivity index is 1.54. The van der Waals surface area contributed by atoms with Crippen molar-refractivity contribution in [2.45, 2.75) is 31.4 Å². The molecule has 37 heavy (non-hydrogen) atoms. The molecule has 190 valence electrons. The molecule has 0 spiro atoms. The van der Waals surface area contributed by atoms with Gasteiger partial charge in [0, 0.05) is 18.0 Å². The van der Waals surface area contributed by atoms with Gasteiger partial charge in [0.1, 0.15) is 11.9 Å². The second-order valence-corrected chi connectivity index (χ2v) is 8.72. The number of carbonyl (C=O) groups is 2. The summed E-state index contributed by atoms with van der Waals surface area (Å²) in [6, 6.07) is 10.6. The first-order valence-electron chi connectivity index (χ1n) is 11.3. The van der Waals surface area contributed by atoms with Crippen LogP contribution in [0, 0.1) is 29.0 Å². The van der Waals surface area contributed by atoms with Gasteiger partial charge in [0.15, 0.2) is 0 Å². The van der Waals surface area contributed by atoms with Crippen molar-refractivity contribution in [3.05, 3.63) is 77.6 Å². The van der Waals surface area contributed by atoms with Crippen LogP contribution in [-0.2, 0) is 15.8 Å². The first kappa shape index (κ1) is 25.8. The SMILES string of the molecule is N#Cc1ncc(-c2ccc([C@H]3CCC[C@@H](C(=O)Nc4ccc(C(F)(F)F)cc4F)[C@@H]3C(=O)O)cc2)cn1. The quantitative estimate of drug-likeness (QED) is 0.443. The summed E-state index contributed by atoms with van der Waals surface area (Å²) in [7, 11) is 0. The van der Waals surface area contributed by atoms with E-state index in [-0.39, 0.29) is 18.3 Å². The van der Waals surface area contributed by atoms with Crippen LogP contribution in [0.2, 0.25) is 0 Å². The van der Waals surface area contributed by atoms with Crippen molar-refractivity contribution in [1.29, 1.82) is 5.26 Å². The van der Waals surface area contributed by atoms with Gasteiger partial charge in [-0.2, -0.15) is 18.4 Å². The summed E-state index contributed by atoms with van der Waals surface area (Å²) in [5.74, 6) is -5.81. The molecule has 7 nitrogen and oxygen atoms in total. The van der Waals surface area contributed by atoms with Crippen LogP contribution < -0.4 is 5.32 Å². The van der Waals surface area contributed by atoms with Crippen molar-refractivity contribution in [3.63, 3.8) is 0 Å². The van der Waals surface area contributed by atoms with E-state index in [0.29, 0.717) is 30.0 Å². The topological polar surface area (TPSA) is 116 Å². The molecule has 11 heteroatoms. The molecular weight excluding hydrogens is 492 g/mol. The molecule has 0 saturated heterocycles. The number of anilines is 1. The lowest BCUT2D eigenvalue weighted by atomic mass is 9.69. The average Bonchev–Trinajstić information content (AvgIpc) is 2.89. The summed E-state index contributed by atoms with van der Waals surface area (Å²) < 4.78 is 52.7. The maximum atomic E-state index is 14.3. The molecule has 0 aliphatic heterocycles. The summed E-state index contributed by atoms with van der Waals surface area (Å²) in [6.45, 7) is 0. The molecule has 0 unspecified atom stereocenters. The highest BCUT2D eigenvalue weighted by atomic mass is 19.4. The largest absolute Gasteiger partial charge is 0.481 e. The number of alkyl halides is 3. The van der Waals surface area contributed by atoms with Crippen molar-refractivity contribution < 1.29 is 32.3 Å². The number of nitriles is 1. The van der Waals surface area contributed by atoms with Gasteiger partial charge in [-0.3, -0.25) is 9.59 Å². The summed E-state index contributed by atoms with van der Waals surface area (Å²) in [6.07, 6.45) is -0.453. The Morgan fingerprint density at radius 3 is 2.27 bits per heavy atom. The predicted molar refractivity (Wildman–Crippen MR) is 123 cm³/mol. The number of benzene rings is 2. The van der Waals surface area contributed by atoms with E-state index in [0.717, 1.165) is 11.6 Å². The lowest BCUT2D eigenvalue weighted by molar-refractivity contribution is -0.148. The van der Waals surface area contributed by atoms with Crippen LogP contribution >= 0.6 is 0 Å². The third-order valence-electron chi connectivity index (χ3n) is 6.50. The molecular formula is C26H20F4N4O3. The van der Waals surface area contributed by atoms with Gasteiger partial charge in [0.2, 0.25) is 11.7 Å². The monoisotopic (exact) mass is 512 g/mol. The summed E-state index contributed by atoms with van der Waals surface area (Å²) in [4.78, 5) is 33.1. The molecule has 2 aromatic carbocycles. The van der Waals surface area contributed by atoms with Gasteiger partial charge in [-0.15, -0.1) is 0 Å². The minimum absolute atomic E-state index is 0.0346. The van der Waals surface area contributed by atoms with E-state index in [4.69, 9.17) is 5.26 Å². The van der Waals surface area contributed by atoms with Crippen LogP contribution in [0.5, 0.6) is 0 Å². The van der Waals surface area contributed by atoms with Crippen molar-refractivity contribution in [3.8, 4) is 17.2 Å². The molecule has 0 radical (unpaired) electrons. The molecule has 3 atom stereocenters. The van der Waals surface area contributed by atoms with Gasteiger partial charge in [-0.05, 0) is 48.1 Å². The number of hydrogen-bond donors (Lipinski definition) is 2. The fourth-order valence-corrected chi connectivity index (χ4v) is 4.69. The van der Waals surface area contributed by atoms with Crippen LogP contribution in [0.3, 0.4) is 0 Å². The molecule has 1 aliphatic carbocycles.